The fourth-order valence-corrected chi connectivity index (χ4v) is 4.23. The molecule has 0 radical (unpaired) electrons. The molecule has 1 heterocycles. The molecule has 186 valence electrons. The number of hydrogen-bond acceptors (Lipinski definition) is 6. The Hall–Kier alpha value is -3.58. The zero-order chi connectivity index (χ0) is 25.7. The number of ketones is 1. The number of anilines is 1. The normalized spacial score (nSPS) is 17.2. The lowest BCUT2D eigenvalue weighted by molar-refractivity contribution is -0.139. The summed E-state index contributed by atoms with van der Waals surface area (Å²) in [6.45, 7) is 7.08. The minimum atomic E-state index is -0.668. The number of nitrogens with zero attached hydrogens (tertiary/aromatic N) is 3. The Morgan fingerprint density at radius 2 is 1.80 bits per heavy atom. The van der Waals surface area contributed by atoms with Crippen LogP contribution < -0.4 is 9.64 Å². The van der Waals surface area contributed by atoms with Gasteiger partial charge < -0.3 is 24.5 Å². The number of benzene rings is 2. The maximum Gasteiger partial charge on any atom is 0.295 e. The predicted octanol–water partition coefficient (Wildman–Crippen LogP) is 4.00. The lowest BCUT2D eigenvalue weighted by atomic mass is 9.94. The second kappa shape index (κ2) is 11.2. The number of hydrogen-bond donors (Lipinski definition) is 1. The van der Waals surface area contributed by atoms with E-state index in [0.29, 0.717) is 30.9 Å². The molecule has 0 aliphatic carbocycles. The molecule has 1 amide bonds. The zero-order valence-corrected chi connectivity index (χ0v) is 21.2. The van der Waals surface area contributed by atoms with E-state index in [9.17, 15) is 14.7 Å². The summed E-state index contributed by atoms with van der Waals surface area (Å²) < 4.78 is 5.63. The second-order valence-corrected chi connectivity index (χ2v) is 9.22. The van der Waals surface area contributed by atoms with Crippen molar-refractivity contribution in [1.82, 2.24) is 9.80 Å². The monoisotopic (exact) mass is 477 g/mol. The van der Waals surface area contributed by atoms with E-state index in [4.69, 9.17) is 4.74 Å². The van der Waals surface area contributed by atoms with Crippen molar-refractivity contribution in [2.24, 2.45) is 0 Å². The number of Topliss-reactive ketones (excluding diaryl/α,β-unsaturated/α-hetero) is 1. The smallest absolute Gasteiger partial charge is 0.295 e. The third kappa shape index (κ3) is 5.74. The number of aliphatic hydroxyl groups excluding tert-OH is 1. The van der Waals surface area contributed by atoms with Gasteiger partial charge in [-0.1, -0.05) is 24.8 Å². The number of amides is 1. The number of aryl methyl sites for hydroxylation is 1. The summed E-state index contributed by atoms with van der Waals surface area (Å²) >= 11 is 0. The summed E-state index contributed by atoms with van der Waals surface area (Å²) in [5.41, 5.74) is 3.17. The van der Waals surface area contributed by atoms with Crippen LogP contribution in [0.15, 0.2) is 60.7 Å². The highest BCUT2D eigenvalue weighted by Crippen LogP contribution is 2.40. The number of carbonyl (C=O) groups is 2. The average molecular weight is 478 g/mol. The molecule has 0 aromatic heterocycles. The molecule has 0 bridgehead atoms. The molecular formula is C28H35N3O4. The standard InChI is InChI=1S/C28H35N3O4/c1-7-17-35-23-14-11-21(18-19(23)2)26(32)24-25(20-9-12-22(13-10-20)30(5)6)31(28(34)27(24)33)16-8-15-29(3)4/h7,9-14,18,25,32H,1,8,15-17H2,2-6H3/t25-/m0/s1. The second-order valence-electron chi connectivity index (χ2n) is 9.22. The van der Waals surface area contributed by atoms with Gasteiger partial charge in [0.15, 0.2) is 0 Å². The van der Waals surface area contributed by atoms with Crippen molar-refractivity contribution in [1.29, 1.82) is 0 Å². The molecule has 35 heavy (non-hydrogen) atoms. The number of likely N-dealkylation sites (tertiary alicyclic amines) is 1. The third-order valence-electron chi connectivity index (χ3n) is 6.07. The molecule has 1 saturated heterocycles. The molecule has 1 aliphatic rings. The Labute approximate surface area is 207 Å². The average Bonchev–Trinajstić information content (AvgIpc) is 3.07. The van der Waals surface area contributed by atoms with Crippen LogP contribution in [-0.2, 0) is 9.59 Å². The predicted molar refractivity (Wildman–Crippen MR) is 140 cm³/mol. The van der Waals surface area contributed by atoms with E-state index in [-0.39, 0.29) is 11.3 Å². The fourth-order valence-electron chi connectivity index (χ4n) is 4.23. The van der Waals surface area contributed by atoms with Gasteiger partial charge in [-0.2, -0.15) is 0 Å². The van der Waals surface area contributed by atoms with Crippen molar-refractivity contribution in [2.75, 3.05) is 52.8 Å². The van der Waals surface area contributed by atoms with Gasteiger partial charge in [0.1, 0.15) is 18.1 Å². The highest BCUT2D eigenvalue weighted by molar-refractivity contribution is 6.46. The molecule has 2 aromatic carbocycles. The lowest BCUT2D eigenvalue weighted by Crippen LogP contribution is -2.32. The topological polar surface area (TPSA) is 73.3 Å². The maximum absolute atomic E-state index is 13.2. The largest absolute Gasteiger partial charge is 0.507 e. The van der Waals surface area contributed by atoms with Crippen molar-refractivity contribution in [3.8, 4) is 5.75 Å². The Bertz CT molecular complexity index is 1120. The van der Waals surface area contributed by atoms with Gasteiger partial charge in [-0.15, -0.1) is 0 Å². The first-order chi connectivity index (χ1) is 16.6. The van der Waals surface area contributed by atoms with Crippen molar-refractivity contribution in [3.05, 3.63) is 77.4 Å². The van der Waals surface area contributed by atoms with Crippen molar-refractivity contribution < 1.29 is 19.4 Å². The molecule has 2 aromatic rings. The van der Waals surface area contributed by atoms with Crippen LogP contribution in [0.4, 0.5) is 5.69 Å². The van der Waals surface area contributed by atoms with Crippen molar-refractivity contribution in [3.63, 3.8) is 0 Å². The first-order valence-corrected chi connectivity index (χ1v) is 11.7. The Morgan fingerprint density at radius 1 is 1.11 bits per heavy atom. The molecule has 0 unspecified atom stereocenters. The molecule has 0 saturated carbocycles. The maximum atomic E-state index is 13.2. The van der Waals surface area contributed by atoms with Crippen LogP contribution in [0, 0.1) is 6.92 Å². The van der Waals surface area contributed by atoms with Crippen LogP contribution in [-0.4, -0.2) is 74.5 Å². The molecule has 1 N–H and O–H groups in total. The molecule has 1 atom stereocenters. The highest BCUT2D eigenvalue weighted by atomic mass is 16.5. The van der Waals surface area contributed by atoms with E-state index in [1.165, 1.54) is 0 Å². The SMILES string of the molecule is C=CCOc1ccc(C(O)=C2C(=O)C(=O)N(CCCN(C)C)[C@H]2c2ccc(N(C)C)cc2)cc1C. The van der Waals surface area contributed by atoms with Crippen LogP contribution in [0.5, 0.6) is 5.75 Å². The highest BCUT2D eigenvalue weighted by Gasteiger charge is 2.45. The summed E-state index contributed by atoms with van der Waals surface area (Å²) in [4.78, 5) is 31.9. The molecular weight excluding hydrogens is 442 g/mol. The lowest BCUT2D eigenvalue weighted by Gasteiger charge is -2.26. The summed E-state index contributed by atoms with van der Waals surface area (Å²) in [7, 11) is 7.84. The Kier molecular flexibility index (Phi) is 8.35. The quantitative estimate of drug-likeness (QED) is 0.241. The summed E-state index contributed by atoms with van der Waals surface area (Å²) in [5.74, 6) is -0.770. The number of rotatable bonds is 10. The van der Waals surface area contributed by atoms with Gasteiger partial charge in [0, 0.05) is 31.9 Å². The minimum absolute atomic E-state index is 0.108. The van der Waals surface area contributed by atoms with Gasteiger partial charge >= 0.3 is 0 Å². The molecule has 0 spiro atoms. The van der Waals surface area contributed by atoms with Gasteiger partial charge in [0.05, 0.1) is 11.6 Å². The Balaban J connectivity index is 2.07. The van der Waals surface area contributed by atoms with E-state index in [0.717, 1.165) is 23.4 Å². The first-order valence-electron chi connectivity index (χ1n) is 11.7. The van der Waals surface area contributed by atoms with Crippen molar-refractivity contribution in [2.45, 2.75) is 19.4 Å². The van der Waals surface area contributed by atoms with Crippen LogP contribution in [0.3, 0.4) is 0 Å². The van der Waals surface area contributed by atoms with Crippen LogP contribution in [0.25, 0.3) is 5.76 Å². The zero-order valence-electron chi connectivity index (χ0n) is 21.2. The summed E-state index contributed by atoms with van der Waals surface area (Å²) in [6.07, 6.45) is 2.37. The van der Waals surface area contributed by atoms with Gasteiger partial charge in [-0.25, -0.2) is 0 Å². The van der Waals surface area contributed by atoms with E-state index < -0.39 is 17.7 Å². The van der Waals surface area contributed by atoms with E-state index in [1.54, 1.807) is 29.2 Å². The summed E-state index contributed by atoms with van der Waals surface area (Å²) in [5, 5.41) is 11.3. The first kappa shape index (κ1) is 26.0. The number of aliphatic hydroxyl groups is 1. The third-order valence-corrected chi connectivity index (χ3v) is 6.07. The van der Waals surface area contributed by atoms with E-state index in [1.807, 2.05) is 69.2 Å². The molecule has 7 nitrogen and oxygen atoms in total. The van der Waals surface area contributed by atoms with Crippen molar-refractivity contribution >= 4 is 23.1 Å². The number of carbonyl (C=O) groups excluding carboxylic acids is 2. The van der Waals surface area contributed by atoms with Gasteiger partial charge in [-0.05, 0) is 75.4 Å². The molecule has 7 heteroatoms. The van der Waals surface area contributed by atoms with Crippen LogP contribution >= 0.6 is 0 Å². The summed E-state index contributed by atoms with van der Waals surface area (Å²) in [6, 6.07) is 12.3. The van der Waals surface area contributed by atoms with Crippen LogP contribution in [0.2, 0.25) is 0 Å². The minimum Gasteiger partial charge on any atom is -0.507 e. The molecule has 3 rings (SSSR count). The van der Waals surface area contributed by atoms with Gasteiger partial charge in [0.2, 0.25) is 0 Å². The van der Waals surface area contributed by atoms with Gasteiger partial charge in [0.25, 0.3) is 11.7 Å². The van der Waals surface area contributed by atoms with E-state index in [2.05, 4.69) is 6.58 Å². The van der Waals surface area contributed by atoms with E-state index >= 15 is 0 Å². The van der Waals surface area contributed by atoms with Crippen LogP contribution in [0.1, 0.15) is 29.2 Å². The van der Waals surface area contributed by atoms with Gasteiger partial charge in [-0.3, -0.25) is 9.59 Å². The number of ether oxygens (including phenoxy) is 1. The molecule has 1 aliphatic heterocycles. The molecule has 1 fully saturated rings. The Morgan fingerprint density at radius 3 is 2.37 bits per heavy atom. The fraction of sp³-hybridized carbons (Fsp3) is 0.357.